The lowest BCUT2D eigenvalue weighted by atomic mass is 10.0. The number of rotatable bonds is 3. The molecule has 0 unspecified atom stereocenters. The zero-order valence-electron chi connectivity index (χ0n) is 17.2. The molecule has 0 N–H and O–H groups in total. The van der Waals surface area contributed by atoms with Crippen molar-refractivity contribution in [3.63, 3.8) is 0 Å². The molecule has 31 heavy (non-hydrogen) atoms. The summed E-state index contributed by atoms with van der Waals surface area (Å²) < 4.78 is 28.1. The van der Waals surface area contributed by atoms with E-state index >= 15 is 0 Å². The fourth-order valence-corrected chi connectivity index (χ4v) is 3.03. The highest BCUT2D eigenvalue weighted by Crippen LogP contribution is 2.29. The Morgan fingerprint density at radius 1 is 0.839 bits per heavy atom. The molecule has 3 aromatic carbocycles. The molecular formula is C27H19F2NS. The number of benzene rings is 3. The van der Waals surface area contributed by atoms with Gasteiger partial charge < -0.3 is 0 Å². The van der Waals surface area contributed by atoms with E-state index in [2.05, 4.69) is 47.8 Å². The second kappa shape index (κ2) is 10.5. The third-order valence-electron chi connectivity index (χ3n) is 4.57. The summed E-state index contributed by atoms with van der Waals surface area (Å²) in [6, 6.07) is 15.6. The molecule has 0 amide bonds. The van der Waals surface area contributed by atoms with Crippen LogP contribution < -0.4 is 0 Å². The number of unbranched alkanes of at least 4 members (excludes halogenated alkanes) is 1. The van der Waals surface area contributed by atoms with Gasteiger partial charge in [0.2, 0.25) is 0 Å². The second-order valence-electron chi connectivity index (χ2n) is 6.90. The van der Waals surface area contributed by atoms with Crippen LogP contribution in [0.5, 0.6) is 0 Å². The molecule has 0 radical (unpaired) electrons. The van der Waals surface area contributed by atoms with Crippen molar-refractivity contribution >= 4 is 23.1 Å². The molecule has 1 nitrogen and oxygen atoms in total. The third-order valence-corrected chi connectivity index (χ3v) is 4.66. The van der Waals surface area contributed by atoms with Crippen LogP contribution in [0.25, 0.3) is 11.1 Å². The minimum absolute atomic E-state index is 0.410. The van der Waals surface area contributed by atoms with Crippen LogP contribution in [0.3, 0.4) is 0 Å². The highest BCUT2D eigenvalue weighted by atomic mass is 32.1. The lowest BCUT2D eigenvalue weighted by molar-refractivity contribution is 0.588. The van der Waals surface area contributed by atoms with Crippen LogP contribution in [0, 0.1) is 42.2 Å². The van der Waals surface area contributed by atoms with Gasteiger partial charge in [-0.15, -0.1) is 0 Å². The van der Waals surface area contributed by atoms with E-state index in [9.17, 15) is 8.78 Å². The lowest BCUT2D eigenvalue weighted by Gasteiger charge is -2.05. The number of nitrogens with zero attached hydrogens (tertiary/aromatic N) is 1. The topological polar surface area (TPSA) is 12.4 Å². The van der Waals surface area contributed by atoms with Gasteiger partial charge in [0.25, 0.3) is 0 Å². The van der Waals surface area contributed by atoms with Crippen molar-refractivity contribution in [1.29, 1.82) is 0 Å². The summed E-state index contributed by atoms with van der Waals surface area (Å²) >= 11 is 4.42. The Morgan fingerprint density at radius 3 is 2.10 bits per heavy atom. The summed E-state index contributed by atoms with van der Waals surface area (Å²) in [5.74, 6) is 11.0. The number of aliphatic imine (C=N–C) groups is 1. The van der Waals surface area contributed by atoms with Gasteiger partial charge in [0.15, 0.2) is 11.6 Å². The predicted octanol–water partition coefficient (Wildman–Crippen LogP) is 7.23. The van der Waals surface area contributed by atoms with Gasteiger partial charge in [-0.1, -0.05) is 42.7 Å². The molecule has 0 atom stereocenters. The van der Waals surface area contributed by atoms with Crippen molar-refractivity contribution in [2.45, 2.75) is 26.7 Å². The molecule has 0 saturated heterocycles. The summed E-state index contributed by atoms with van der Waals surface area (Å²) in [6.07, 6.45) is 1.94. The minimum atomic E-state index is -0.783. The minimum Gasteiger partial charge on any atom is -0.204 e. The van der Waals surface area contributed by atoms with E-state index in [0.29, 0.717) is 11.1 Å². The van der Waals surface area contributed by atoms with Crippen molar-refractivity contribution < 1.29 is 8.78 Å². The van der Waals surface area contributed by atoms with E-state index < -0.39 is 17.3 Å². The standard InChI is InChI=1S/C27H19F2NS/c1-3-4-5-6-22-12-11-21(15-19(22)2)8-7-20-9-13-23(14-10-20)24-16-25(28)27(30-18-31)26(29)17-24/h9-17H,3-4H2,1-2H3. The summed E-state index contributed by atoms with van der Waals surface area (Å²) in [5.41, 5.74) is 4.47. The van der Waals surface area contributed by atoms with Crippen molar-refractivity contribution in [2.24, 2.45) is 4.99 Å². The molecule has 0 spiro atoms. The van der Waals surface area contributed by atoms with E-state index in [1.165, 1.54) is 12.1 Å². The number of halogens is 2. The fraction of sp³-hybridized carbons (Fsp3) is 0.148. The van der Waals surface area contributed by atoms with Crippen molar-refractivity contribution in [1.82, 2.24) is 0 Å². The number of aryl methyl sites for hydroxylation is 1. The smallest absolute Gasteiger partial charge is 0.153 e. The maximum atomic E-state index is 14.1. The maximum absolute atomic E-state index is 14.1. The number of thiocarbonyl (C=S) groups is 1. The van der Waals surface area contributed by atoms with Gasteiger partial charge in [-0.25, -0.2) is 8.78 Å². The quantitative estimate of drug-likeness (QED) is 0.244. The molecule has 0 saturated carbocycles. The Morgan fingerprint density at radius 2 is 1.48 bits per heavy atom. The van der Waals surface area contributed by atoms with Crippen LogP contribution in [-0.2, 0) is 0 Å². The molecule has 3 aromatic rings. The first-order valence-electron chi connectivity index (χ1n) is 9.80. The molecule has 152 valence electrons. The SMILES string of the molecule is CCCC#Cc1ccc(C#Cc2ccc(-c3cc(F)c(N=C=S)c(F)c3)cc2)cc1C. The van der Waals surface area contributed by atoms with E-state index in [0.717, 1.165) is 35.1 Å². The Labute approximate surface area is 186 Å². The third kappa shape index (κ3) is 5.74. The normalized spacial score (nSPS) is 9.68. The van der Waals surface area contributed by atoms with Gasteiger partial charge in [0.1, 0.15) is 5.69 Å². The molecule has 0 aliphatic carbocycles. The highest BCUT2D eigenvalue weighted by molar-refractivity contribution is 7.78. The molecule has 3 rings (SSSR count). The Bertz CT molecular complexity index is 1260. The van der Waals surface area contributed by atoms with Crippen LogP contribution in [-0.4, -0.2) is 5.16 Å². The summed E-state index contributed by atoms with van der Waals surface area (Å²) in [5, 5.41) is 1.98. The van der Waals surface area contributed by atoms with Gasteiger partial charge in [-0.05, 0) is 84.7 Å². The van der Waals surface area contributed by atoms with E-state index in [-0.39, 0.29) is 0 Å². The first-order valence-corrected chi connectivity index (χ1v) is 10.2. The van der Waals surface area contributed by atoms with E-state index in [4.69, 9.17) is 0 Å². The molecule has 0 heterocycles. The zero-order chi connectivity index (χ0) is 22.2. The fourth-order valence-electron chi connectivity index (χ4n) is 2.94. The molecule has 0 aromatic heterocycles. The Kier molecular flexibility index (Phi) is 7.47. The van der Waals surface area contributed by atoms with Gasteiger partial charge >= 0.3 is 0 Å². The molecule has 0 bridgehead atoms. The predicted molar refractivity (Wildman–Crippen MR) is 125 cm³/mol. The Hall–Kier alpha value is -3.56. The monoisotopic (exact) mass is 427 g/mol. The average molecular weight is 428 g/mol. The van der Waals surface area contributed by atoms with Crippen LogP contribution in [0.4, 0.5) is 14.5 Å². The van der Waals surface area contributed by atoms with Crippen LogP contribution in [0.15, 0.2) is 59.6 Å². The molecule has 0 fully saturated rings. The maximum Gasteiger partial charge on any atom is 0.153 e. The number of hydrogen-bond donors (Lipinski definition) is 0. The zero-order valence-corrected chi connectivity index (χ0v) is 18.0. The first kappa shape index (κ1) is 22.1. The largest absolute Gasteiger partial charge is 0.204 e. The Balaban J connectivity index is 1.80. The van der Waals surface area contributed by atoms with Crippen LogP contribution in [0.1, 0.15) is 42.0 Å². The van der Waals surface area contributed by atoms with Gasteiger partial charge in [0.05, 0.1) is 5.16 Å². The highest BCUT2D eigenvalue weighted by Gasteiger charge is 2.11. The molecule has 0 aliphatic heterocycles. The van der Waals surface area contributed by atoms with Gasteiger partial charge in [-0.2, -0.15) is 4.99 Å². The van der Waals surface area contributed by atoms with Gasteiger partial charge in [-0.3, -0.25) is 0 Å². The summed E-state index contributed by atoms with van der Waals surface area (Å²) in [7, 11) is 0. The van der Waals surface area contributed by atoms with Gasteiger partial charge in [0, 0.05) is 23.1 Å². The van der Waals surface area contributed by atoms with E-state index in [1.54, 1.807) is 12.1 Å². The second-order valence-corrected chi connectivity index (χ2v) is 7.08. The van der Waals surface area contributed by atoms with Crippen molar-refractivity contribution in [3.8, 4) is 34.8 Å². The lowest BCUT2D eigenvalue weighted by Crippen LogP contribution is -1.87. The molecule has 0 aliphatic rings. The summed E-state index contributed by atoms with van der Waals surface area (Å²) in [6.45, 7) is 4.13. The first-order chi connectivity index (χ1) is 15.0. The van der Waals surface area contributed by atoms with Crippen LogP contribution in [0.2, 0.25) is 0 Å². The van der Waals surface area contributed by atoms with Crippen LogP contribution >= 0.6 is 12.2 Å². The van der Waals surface area contributed by atoms with E-state index in [1.807, 2.05) is 42.4 Å². The number of hydrogen-bond acceptors (Lipinski definition) is 2. The summed E-state index contributed by atoms with van der Waals surface area (Å²) in [4.78, 5) is 3.43. The average Bonchev–Trinajstić information content (AvgIpc) is 2.76. The molecular weight excluding hydrogens is 408 g/mol. The van der Waals surface area contributed by atoms with Crippen molar-refractivity contribution in [2.75, 3.05) is 0 Å². The van der Waals surface area contributed by atoms with Crippen molar-refractivity contribution in [3.05, 3.63) is 88.5 Å². The molecule has 4 heteroatoms. The number of isothiocyanates is 1.